The summed E-state index contributed by atoms with van der Waals surface area (Å²) < 4.78 is 17.4. The monoisotopic (exact) mass is 625 g/mol. The first-order chi connectivity index (χ1) is 20.7. The molecule has 0 radical (unpaired) electrons. The average Bonchev–Trinajstić information content (AvgIpc) is 3.83. The van der Waals surface area contributed by atoms with Gasteiger partial charge in [0.2, 0.25) is 5.91 Å². The summed E-state index contributed by atoms with van der Waals surface area (Å²) in [6.07, 6.45) is 2.99. The van der Waals surface area contributed by atoms with E-state index >= 15 is 0 Å². The molecule has 1 heterocycles. The van der Waals surface area contributed by atoms with E-state index in [1.807, 2.05) is 37.3 Å². The van der Waals surface area contributed by atoms with Crippen molar-refractivity contribution in [2.45, 2.75) is 58.7 Å². The van der Waals surface area contributed by atoms with Crippen LogP contribution in [-0.2, 0) is 11.3 Å². The Labute approximate surface area is 264 Å². The minimum atomic E-state index is -0.168. The van der Waals surface area contributed by atoms with Gasteiger partial charge in [-0.2, -0.15) is 0 Å². The van der Waals surface area contributed by atoms with Crippen molar-refractivity contribution in [1.82, 2.24) is 10.2 Å². The number of amides is 1. The molecule has 2 unspecified atom stereocenters. The maximum Gasteiger partial charge on any atom is 0.229 e. The number of hydrogen-bond donors (Lipinski definition) is 2. The Bertz CT molecular complexity index is 1420. The highest BCUT2D eigenvalue weighted by atomic mass is 35.5. The number of rotatable bonds is 12. The second-order valence-corrected chi connectivity index (χ2v) is 12.3. The van der Waals surface area contributed by atoms with E-state index in [-0.39, 0.29) is 31.1 Å². The number of benzene rings is 3. The van der Waals surface area contributed by atoms with Gasteiger partial charge in [-0.1, -0.05) is 41.4 Å². The summed E-state index contributed by atoms with van der Waals surface area (Å²) in [5.41, 5.74) is 5.60. The summed E-state index contributed by atoms with van der Waals surface area (Å²) >= 11 is 12.6. The van der Waals surface area contributed by atoms with Crippen molar-refractivity contribution in [1.29, 1.82) is 0 Å². The van der Waals surface area contributed by atoms with E-state index in [0.717, 1.165) is 37.1 Å². The molecule has 1 saturated carbocycles. The van der Waals surface area contributed by atoms with Crippen molar-refractivity contribution in [3.05, 3.63) is 80.8 Å². The summed E-state index contributed by atoms with van der Waals surface area (Å²) in [6, 6.07) is 16.1. The lowest BCUT2D eigenvalue weighted by molar-refractivity contribution is -0.137. The number of nitrogens with one attached hydrogen (secondary N) is 2. The zero-order valence-electron chi connectivity index (χ0n) is 25.3. The normalized spacial score (nSPS) is 18.2. The van der Waals surface area contributed by atoms with Crippen LogP contribution in [0.5, 0.6) is 17.2 Å². The fourth-order valence-electron chi connectivity index (χ4n) is 5.65. The molecule has 9 heteroatoms. The van der Waals surface area contributed by atoms with Gasteiger partial charge >= 0.3 is 0 Å². The molecular weight excluding hydrogens is 585 g/mol. The molecule has 5 rings (SSSR count). The van der Waals surface area contributed by atoms with Crippen molar-refractivity contribution in [2.75, 3.05) is 38.7 Å². The minimum absolute atomic E-state index is 0.00230. The van der Waals surface area contributed by atoms with Crippen LogP contribution in [0.25, 0.3) is 0 Å². The molecule has 1 aliphatic carbocycles. The SMILES string of the molecule is COc1cc(NC2CCNCC2C(=O)N(Cc2cccc(C)c2C)C2CC2)ccc1OCCOc1c(Cl)cc(C)cc1Cl. The number of hydrogen-bond acceptors (Lipinski definition) is 6. The van der Waals surface area contributed by atoms with Crippen molar-refractivity contribution in [2.24, 2.45) is 5.92 Å². The summed E-state index contributed by atoms with van der Waals surface area (Å²) in [5.74, 6) is 1.70. The number of ether oxygens (including phenoxy) is 3. The number of methoxy groups -OCH3 is 1. The Morgan fingerprint density at radius 1 is 0.977 bits per heavy atom. The van der Waals surface area contributed by atoms with Gasteiger partial charge in [-0.05, 0) is 93.1 Å². The number of aryl methyl sites for hydroxylation is 2. The van der Waals surface area contributed by atoms with Gasteiger partial charge in [-0.15, -0.1) is 0 Å². The van der Waals surface area contributed by atoms with Crippen LogP contribution in [0.1, 0.15) is 41.5 Å². The Kier molecular flexibility index (Phi) is 10.3. The van der Waals surface area contributed by atoms with Gasteiger partial charge in [0.05, 0.1) is 23.1 Å². The van der Waals surface area contributed by atoms with Crippen molar-refractivity contribution < 1.29 is 19.0 Å². The fourth-order valence-corrected chi connectivity index (χ4v) is 6.36. The molecule has 1 aliphatic heterocycles. The molecule has 2 atom stereocenters. The summed E-state index contributed by atoms with van der Waals surface area (Å²) in [4.78, 5) is 16.2. The Morgan fingerprint density at radius 3 is 2.44 bits per heavy atom. The minimum Gasteiger partial charge on any atom is -0.493 e. The third kappa shape index (κ3) is 7.69. The number of piperidine rings is 1. The molecule has 0 spiro atoms. The number of carbonyl (C=O) groups excluding carboxylic acids is 1. The van der Waals surface area contributed by atoms with E-state index < -0.39 is 0 Å². The predicted molar refractivity (Wildman–Crippen MR) is 173 cm³/mol. The lowest BCUT2D eigenvalue weighted by Gasteiger charge is -2.36. The van der Waals surface area contributed by atoms with Crippen molar-refractivity contribution in [3.63, 3.8) is 0 Å². The van der Waals surface area contributed by atoms with E-state index in [1.54, 1.807) is 7.11 Å². The highest BCUT2D eigenvalue weighted by Crippen LogP contribution is 2.36. The first kappa shape index (κ1) is 31.3. The van der Waals surface area contributed by atoms with Gasteiger partial charge in [0.1, 0.15) is 13.2 Å². The molecule has 0 bridgehead atoms. The average molecular weight is 627 g/mol. The van der Waals surface area contributed by atoms with Crippen LogP contribution in [0.15, 0.2) is 48.5 Å². The molecule has 0 aromatic heterocycles. The van der Waals surface area contributed by atoms with E-state index in [9.17, 15) is 4.79 Å². The molecule has 2 aliphatic rings. The van der Waals surface area contributed by atoms with E-state index in [0.29, 0.717) is 46.4 Å². The predicted octanol–water partition coefficient (Wildman–Crippen LogP) is 6.97. The zero-order chi connectivity index (χ0) is 30.5. The quantitative estimate of drug-likeness (QED) is 0.212. The molecule has 43 heavy (non-hydrogen) atoms. The Balaban J connectivity index is 1.22. The van der Waals surface area contributed by atoms with Crippen LogP contribution >= 0.6 is 23.2 Å². The molecule has 1 amide bonds. The van der Waals surface area contributed by atoms with Gasteiger partial charge in [0, 0.05) is 36.9 Å². The number of halogens is 2. The van der Waals surface area contributed by atoms with Gasteiger partial charge in [-0.3, -0.25) is 4.79 Å². The highest BCUT2D eigenvalue weighted by Gasteiger charge is 2.40. The van der Waals surface area contributed by atoms with E-state index in [1.165, 1.54) is 16.7 Å². The molecule has 230 valence electrons. The van der Waals surface area contributed by atoms with Crippen LogP contribution in [0.3, 0.4) is 0 Å². The van der Waals surface area contributed by atoms with Crippen LogP contribution < -0.4 is 24.8 Å². The first-order valence-corrected chi connectivity index (χ1v) is 15.7. The molecule has 3 aromatic rings. The first-order valence-electron chi connectivity index (χ1n) is 15.0. The smallest absolute Gasteiger partial charge is 0.229 e. The number of carbonyl (C=O) groups is 1. The largest absolute Gasteiger partial charge is 0.493 e. The van der Waals surface area contributed by atoms with Gasteiger partial charge in [0.15, 0.2) is 17.2 Å². The lowest BCUT2D eigenvalue weighted by Crippen LogP contribution is -2.52. The number of anilines is 1. The fraction of sp³-hybridized carbons (Fsp3) is 0.441. The number of nitrogens with zero attached hydrogens (tertiary/aromatic N) is 1. The van der Waals surface area contributed by atoms with Gasteiger partial charge < -0.3 is 29.7 Å². The Hall–Kier alpha value is -3.13. The van der Waals surface area contributed by atoms with E-state index in [4.69, 9.17) is 37.4 Å². The molecule has 1 saturated heterocycles. The van der Waals surface area contributed by atoms with Crippen molar-refractivity contribution in [3.8, 4) is 17.2 Å². The van der Waals surface area contributed by atoms with Gasteiger partial charge in [0.25, 0.3) is 0 Å². The standard InChI is InChI=1S/C34H41Cl2N3O4/c1-21-16-28(35)33(29(36)17-21)43-15-14-42-31-11-8-25(18-32(31)41-4)38-30-12-13-37-19-27(30)34(40)39(26-9-10-26)20-24-7-5-6-22(2)23(24)3/h5-8,11,16-18,26-27,30,37-38H,9-10,12-15,19-20H2,1-4H3. The van der Waals surface area contributed by atoms with Crippen LogP contribution in [0.2, 0.25) is 10.0 Å². The third-order valence-corrected chi connectivity index (χ3v) is 8.93. The van der Waals surface area contributed by atoms with Crippen LogP contribution in [-0.4, -0.2) is 56.3 Å². The molecule has 7 nitrogen and oxygen atoms in total. The summed E-state index contributed by atoms with van der Waals surface area (Å²) in [7, 11) is 1.62. The summed E-state index contributed by atoms with van der Waals surface area (Å²) in [6.45, 7) is 8.92. The third-order valence-electron chi connectivity index (χ3n) is 8.37. The molecular formula is C34H41Cl2N3O4. The highest BCUT2D eigenvalue weighted by molar-refractivity contribution is 6.37. The second-order valence-electron chi connectivity index (χ2n) is 11.5. The van der Waals surface area contributed by atoms with Crippen molar-refractivity contribution >= 4 is 34.8 Å². The topological polar surface area (TPSA) is 72.1 Å². The summed E-state index contributed by atoms with van der Waals surface area (Å²) in [5, 5.41) is 8.03. The van der Waals surface area contributed by atoms with Crippen LogP contribution in [0.4, 0.5) is 5.69 Å². The molecule has 2 N–H and O–H groups in total. The molecule has 2 fully saturated rings. The lowest BCUT2D eigenvalue weighted by atomic mass is 9.91. The second kappa shape index (κ2) is 14.1. The van der Waals surface area contributed by atoms with E-state index in [2.05, 4.69) is 47.6 Å². The Morgan fingerprint density at radius 2 is 1.72 bits per heavy atom. The molecule has 3 aromatic carbocycles. The van der Waals surface area contributed by atoms with Crippen LogP contribution in [0, 0.1) is 26.7 Å². The van der Waals surface area contributed by atoms with Gasteiger partial charge in [-0.25, -0.2) is 0 Å². The maximum atomic E-state index is 14.0. The zero-order valence-corrected chi connectivity index (χ0v) is 26.9. The maximum absolute atomic E-state index is 14.0.